The van der Waals surface area contributed by atoms with E-state index in [9.17, 15) is 0 Å². The second-order valence-corrected chi connectivity index (χ2v) is 4.60. The van der Waals surface area contributed by atoms with E-state index in [1.54, 1.807) is 0 Å². The smallest absolute Gasteiger partial charge is 0.0361 e. The summed E-state index contributed by atoms with van der Waals surface area (Å²) < 4.78 is 2.17. The van der Waals surface area contributed by atoms with Crippen LogP contribution in [0, 0.1) is 0 Å². The molecule has 0 atom stereocenters. The summed E-state index contributed by atoms with van der Waals surface area (Å²) in [5.41, 5.74) is 7.23. The van der Waals surface area contributed by atoms with Crippen molar-refractivity contribution in [2.24, 2.45) is 12.8 Å². The molecular weight excluding hydrogens is 186 g/mol. The zero-order valence-electron chi connectivity index (χ0n) is 9.45. The van der Waals surface area contributed by atoms with Crippen LogP contribution in [0.5, 0.6) is 0 Å². The molecule has 0 aliphatic heterocycles. The Kier molecular flexibility index (Phi) is 3.44. The van der Waals surface area contributed by atoms with Gasteiger partial charge in [-0.3, -0.25) is 0 Å². The first-order chi connectivity index (χ1) is 7.25. The molecule has 1 aromatic rings. The fourth-order valence-electron chi connectivity index (χ4n) is 2.25. The first kappa shape index (κ1) is 10.7. The Balaban J connectivity index is 1.77. The van der Waals surface area contributed by atoms with Gasteiger partial charge in [0, 0.05) is 37.6 Å². The van der Waals surface area contributed by atoms with Crippen LogP contribution in [-0.4, -0.2) is 16.7 Å². The summed E-state index contributed by atoms with van der Waals surface area (Å²) >= 11 is 0. The van der Waals surface area contributed by atoms with Crippen molar-refractivity contribution in [3.63, 3.8) is 0 Å². The van der Waals surface area contributed by atoms with Gasteiger partial charge in [-0.1, -0.05) is 0 Å². The highest BCUT2D eigenvalue weighted by atomic mass is 15.0. The van der Waals surface area contributed by atoms with E-state index in [4.69, 9.17) is 5.73 Å². The van der Waals surface area contributed by atoms with Gasteiger partial charge in [-0.25, -0.2) is 0 Å². The zero-order chi connectivity index (χ0) is 10.7. The van der Waals surface area contributed by atoms with E-state index in [0.717, 1.165) is 6.54 Å². The van der Waals surface area contributed by atoms with E-state index in [1.165, 1.54) is 31.4 Å². The minimum Gasteiger partial charge on any atom is -0.353 e. The van der Waals surface area contributed by atoms with E-state index in [2.05, 4.69) is 35.3 Å². The molecule has 0 saturated heterocycles. The van der Waals surface area contributed by atoms with Crippen LogP contribution in [0.25, 0.3) is 0 Å². The highest BCUT2D eigenvalue weighted by Crippen LogP contribution is 2.17. The van der Waals surface area contributed by atoms with Crippen molar-refractivity contribution >= 4 is 0 Å². The maximum absolute atomic E-state index is 5.88. The SMILES string of the molecule is Cn1cccc1CNC1CCC(N)CC1. The second kappa shape index (κ2) is 4.81. The van der Waals surface area contributed by atoms with Gasteiger partial charge in [0.15, 0.2) is 0 Å². The molecule has 1 fully saturated rings. The lowest BCUT2D eigenvalue weighted by molar-refractivity contribution is 0.340. The average molecular weight is 207 g/mol. The Morgan fingerprint density at radius 3 is 2.73 bits per heavy atom. The molecule has 1 aliphatic carbocycles. The van der Waals surface area contributed by atoms with Gasteiger partial charge in [0.1, 0.15) is 0 Å². The van der Waals surface area contributed by atoms with Gasteiger partial charge < -0.3 is 15.6 Å². The van der Waals surface area contributed by atoms with Crippen LogP contribution in [0.4, 0.5) is 0 Å². The average Bonchev–Trinajstić information content (AvgIpc) is 2.63. The molecule has 0 amide bonds. The van der Waals surface area contributed by atoms with Crippen LogP contribution in [-0.2, 0) is 13.6 Å². The molecule has 1 aromatic heterocycles. The fraction of sp³-hybridized carbons (Fsp3) is 0.667. The van der Waals surface area contributed by atoms with Gasteiger partial charge in [-0.15, -0.1) is 0 Å². The molecule has 0 aromatic carbocycles. The molecule has 3 nitrogen and oxygen atoms in total. The largest absolute Gasteiger partial charge is 0.353 e. The first-order valence-corrected chi connectivity index (χ1v) is 5.85. The number of nitrogens with zero attached hydrogens (tertiary/aromatic N) is 1. The molecule has 1 heterocycles. The Bertz CT molecular complexity index is 298. The van der Waals surface area contributed by atoms with Crippen LogP contribution in [0.3, 0.4) is 0 Å². The summed E-state index contributed by atoms with van der Waals surface area (Å²) in [5.74, 6) is 0. The first-order valence-electron chi connectivity index (χ1n) is 5.85. The molecule has 84 valence electrons. The molecule has 0 unspecified atom stereocenters. The summed E-state index contributed by atoms with van der Waals surface area (Å²) in [5, 5.41) is 3.61. The highest BCUT2D eigenvalue weighted by molar-refractivity contribution is 5.06. The molecule has 0 radical (unpaired) electrons. The van der Waals surface area contributed by atoms with Gasteiger partial charge in [0.25, 0.3) is 0 Å². The number of hydrogen-bond donors (Lipinski definition) is 2. The lowest BCUT2D eigenvalue weighted by Crippen LogP contribution is -2.37. The molecule has 0 bridgehead atoms. The Morgan fingerprint density at radius 1 is 1.40 bits per heavy atom. The molecule has 1 aliphatic rings. The van der Waals surface area contributed by atoms with Gasteiger partial charge in [0.05, 0.1) is 0 Å². The van der Waals surface area contributed by atoms with Crippen molar-refractivity contribution in [2.75, 3.05) is 0 Å². The highest BCUT2D eigenvalue weighted by Gasteiger charge is 2.17. The summed E-state index contributed by atoms with van der Waals surface area (Å²) in [6.45, 7) is 0.976. The van der Waals surface area contributed by atoms with Gasteiger partial charge in [-0.2, -0.15) is 0 Å². The molecule has 15 heavy (non-hydrogen) atoms. The maximum atomic E-state index is 5.88. The van der Waals surface area contributed by atoms with E-state index in [-0.39, 0.29) is 0 Å². The van der Waals surface area contributed by atoms with Crippen LogP contribution in [0.2, 0.25) is 0 Å². The molecule has 0 spiro atoms. The fourth-order valence-corrected chi connectivity index (χ4v) is 2.25. The van der Waals surface area contributed by atoms with Crippen molar-refractivity contribution in [3.8, 4) is 0 Å². The topological polar surface area (TPSA) is 43.0 Å². The summed E-state index contributed by atoms with van der Waals surface area (Å²) in [7, 11) is 2.09. The number of hydrogen-bond acceptors (Lipinski definition) is 2. The number of aryl methyl sites for hydroxylation is 1. The second-order valence-electron chi connectivity index (χ2n) is 4.60. The Labute approximate surface area is 91.7 Å². The third-order valence-electron chi connectivity index (χ3n) is 3.40. The van der Waals surface area contributed by atoms with E-state index in [1.807, 2.05) is 0 Å². The third-order valence-corrected chi connectivity index (χ3v) is 3.40. The van der Waals surface area contributed by atoms with Crippen molar-refractivity contribution in [2.45, 2.75) is 44.3 Å². The van der Waals surface area contributed by atoms with Crippen molar-refractivity contribution in [3.05, 3.63) is 24.0 Å². The number of nitrogens with two attached hydrogens (primary N) is 1. The van der Waals surface area contributed by atoms with E-state index < -0.39 is 0 Å². The Hall–Kier alpha value is -0.800. The van der Waals surface area contributed by atoms with Crippen molar-refractivity contribution in [1.82, 2.24) is 9.88 Å². The summed E-state index contributed by atoms with van der Waals surface area (Å²) in [6.07, 6.45) is 6.89. The van der Waals surface area contributed by atoms with Crippen molar-refractivity contribution in [1.29, 1.82) is 0 Å². The lowest BCUT2D eigenvalue weighted by Gasteiger charge is -2.27. The monoisotopic (exact) mass is 207 g/mol. The minimum atomic E-state index is 0.443. The predicted molar refractivity (Wildman–Crippen MR) is 62.5 cm³/mol. The van der Waals surface area contributed by atoms with Crippen molar-refractivity contribution < 1.29 is 0 Å². The zero-order valence-corrected chi connectivity index (χ0v) is 9.45. The third kappa shape index (κ3) is 2.83. The Morgan fingerprint density at radius 2 is 2.13 bits per heavy atom. The predicted octanol–water partition coefficient (Wildman–Crippen LogP) is 1.38. The molecule has 1 saturated carbocycles. The normalized spacial score (nSPS) is 26.8. The summed E-state index contributed by atoms with van der Waals surface area (Å²) in [6, 6.07) is 5.37. The van der Waals surface area contributed by atoms with Crippen LogP contribution in [0.15, 0.2) is 18.3 Å². The van der Waals surface area contributed by atoms with Crippen LogP contribution < -0.4 is 11.1 Å². The maximum Gasteiger partial charge on any atom is 0.0361 e. The van der Waals surface area contributed by atoms with Gasteiger partial charge >= 0.3 is 0 Å². The standard InChI is InChI=1S/C12H21N3/c1-15-8-2-3-12(15)9-14-11-6-4-10(13)5-7-11/h2-3,8,10-11,14H,4-7,9,13H2,1H3. The molecule has 3 heteroatoms. The van der Waals surface area contributed by atoms with Gasteiger partial charge in [-0.05, 0) is 37.8 Å². The number of rotatable bonds is 3. The molecule has 3 N–H and O–H groups in total. The minimum absolute atomic E-state index is 0.443. The van der Waals surface area contributed by atoms with E-state index >= 15 is 0 Å². The number of aromatic nitrogens is 1. The molecule has 2 rings (SSSR count). The van der Waals surface area contributed by atoms with Crippen LogP contribution in [0.1, 0.15) is 31.4 Å². The summed E-state index contributed by atoms with van der Waals surface area (Å²) in [4.78, 5) is 0. The van der Waals surface area contributed by atoms with E-state index in [0.29, 0.717) is 12.1 Å². The lowest BCUT2D eigenvalue weighted by atomic mass is 9.92. The number of nitrogens with one attached hydrogen (secondary N) is 1. The van der Waals surface area contributed by atoms with Gasteiger partial charge in [0.2, 0.25) is 0 Å². The quantitative estimate of drug-likeness (QED) is 0.786. The van der Waals surface area contributed by atoms with Crippen LogP contribution >= 0.6 is 0 Å². The molecular formula is C12H21N3.